The third-order valence-electron chi connectivity index (χ3n) is 7.51. The molecule has 0 unspecified atom stereocenters. The highest BCUT2D eigenvalue weighted by Crippen LogP contribution is 2.39. The number of pyridine rings is 1. The van der Waals surface area contributed by atoms with Crippen molar-refractivity contribution in [3.8, 4) is 0 Å². The van der Waals surface area contributed by atoms with Gasteiger partial charge in [0, 0.05) is 17.8 Å². The van der Waals surface area contributed by atoms with Gasteiger partial charge in [-0.05, 0) is 84.7 Å². The minimum atomic E-state index is -0.356. The average Bonchev–Trinajstić information content (AvgIpc) is 3.52. The Kier molecular flexibility index (Phi) is 5.20. The van der Waals surface area contributed by atoms with Crippen molar-refractivity contribution in [3.63, 3.8) is 0 Å². The van der Waals surface area contributed by atoms with Crippen molar-refractivity contribution in [1.29, 1.82) is 0 Å². The van der Waals surface area contributed by atoms with Crippen molar-refractivity contribution < 1.29 is 0 Å². The molecule has 1 N–H and O–H groups in total. The quantitative estimate of drug-likeness (QED) is 0.480. The zero-order valence-corrected chi connectivity index (χ0v) is 19.8. The molecule has 2 aromatic heterocycles. The monoisotopic (exact) mass is 454 g/mol. The number of hydrogen-bond donors (Lipinski definition) is 1. The van der Waals surface area contributed by atoms with Crippen LogP contribution >= 0.6 is 0 Å². The van der Waals surface area contributed by atoms with Crippen LogP contribution in [0.15, 0.2) is 47.3 Å². The van der Waals surface area contributed by atoms with Gasteiger partial charge in [-0.1, -0.05) is 42.7 Å². The van der Waals surface area contributed by atoms with Gasteiger partial charge in [-0.15, -0.1) is 5.10 Å². The summed E-state index contributed by atoms with van der Waals surface area (Å²) in [6.07, 6.45) is 6.61. The van der Waals surface area contributed by atoms with Crippen molar-refractivity contribution in [3.05, 3.63) is 80.9 Å². The summed E-state index contributed by atoms with van der Waals surface area (Å²) in [5.41, 5.74) is 6.25. The molecule has 0 saturated heterocycles. The van der Waals surface area contributed by atoms with E-state index in [1.165, 1.54) is 29.7 Å². The largest absolute Gasteiger partial charge is 0.357 e. The van der Waals surface area contributed by atoms with E-state index < -0.39 is 0 Å². The second-order valence-electron chi connectivity index (χ2n) is 9.85. The van der Waals surface area contributed by atoms with E-state index in [2.05, 4.69) is 74.8 Å². The summed E-state index contributed by atoms with van der Waals surface area (Å²) in [5, 5.41) is 14.1. The zero-order valence-electron chi connectivity index (χ0n) is 19.8. The fourth-order valence-electron chi connectivity index (χ4n) is 5.97. The Balaban J connectivity index is 1.58. The molecule has 0 bridgehead atoms. The average molecular weight is 455 g/mol. The van der Waals surface area contributed by atoms with Gasteiger partial charge < -0.3 is 9.88 Å². The van der Waals surface area contributed by atoms with Crippen LogP contribution in [-0.2, 0) is 6.42 Å². The fourth-order valence-corrected chi connectivity index (χ4v) is 5.97. The van der Waals surface area contributed by atoms with Crippen LogP contribution < -0.4 is 10.5 Å². The minimum absolute atomic E-state index is 0.0755. The highest BCUT2D eigenvalue weighted by atomic mass is 16.1. The molecule has 4 aromatic rings. The van der Waals surface area contributed by atoms with E-state index in [1.54, 1.807) is 0 Å². The van der Waals surface area contributed by atoms with Crippen molar-refractivity contribution in [2.24, 2.45) is 0 Å². The van der Waals surface area contributed by atoms with Gasteiger partial charge in [0.25, 0.3) is 5.56 Å². The smallest absolute Gasteiger partial charge is 0.254 e. The Hall–Kier alpha value is -3.48. The second-order valence-corrected chi connectivity index (χ2v) is 9.85. The third-order valence-corrected chi connectivity index (χ3v) is 7.51. The molecule has 0 radical (unpaired) electrons. The number of H-pyrrole nitrogens is 1. The molecule has 0 spiro atoms. The van der Waals surface area contributed by atoms with Crippen LogP contribution in [0.1, 0.15) is 72.3 Å². The van der Waals surface area contributed by atoms with Crippen LogP contribution in [0.2, 0.25) is 0 Å². The van der Waals surface area contributed by atoms with E-state index in [4.69, 9.17) is 0 Å². The molecule has 7 heteroatoms. The van der Waals surface area contributed by atoms with E-state index in [0.29, 0.717) is 5.56 Å². The lowest BCUT2D eigenvalue weighted by Crippen LogP contribution is -2.38. The lowest BCUT2D eigenvalue weighted by Gasteiger charge is -2.37. The predicted molar refractivity (Wildman–Crippen MR) is 133 cm³/mol. The number of hydrogen-bond acceptors (Lipinski definition) is 5. The van der Waals surface area contributed by atoms with Gasteiger partial charge in [0.15, 0.2) is 5.82 Å². The highest BCUT2D eigenvalue weighted by molar-refractivity contribution is 5.83. The SMILES string of the molecule is Cc1cc(C)c2[nH]c(=O)c([C@@H](c3nnnn3C3CCCC3)N3CCCc4ccccc43)cc2c1. The molecule has 34 heavy (non-hydrogen) atoms. The Labute approximate surface area is 198 Å². The first kappa shape index (κ1) is 21.1. The Morgan fingerprint density at radius 1 is 1.06 bits per heavy atom. The van der Waals surface area contributed by atoms with Gasteiger partial charge in [-0.2, -0.15) is 0 Å². The number of anilines is 1. The van der Waals surface area contributed by atoms with Crippen molar-refractivity contribution in [2.75, 3.05) is 11.4 Å². The molecule has 7 nitrogen and oxygen atoms in total. The number of aryl methyl sites for hydroxylation is 3. The summed E-state index contributed by atoms with van der Waals surface area (Å²) < 4.78 is 2.00. The van der Waals surface area contributed by atoms with Crippen LogP contribution in [-0.4, -0.2) is 31.7 Å². The molecule has 6 rings (SSSR count). The van der Waals surface area contributed by atoms with Gasteiger partial charge in [0.2, 0.25) is 0 Å². The first-order chi connectivity index (χ1) is 16.6. The summed E-state index contributed by atoms with van der Waals surface area (Å²) in [6, 6.07) is 14.8. The number of nitrogens with one attached hydrogen (secondary N) is 1. The molecular weight excluding hydrogens is 424 g/mol. The topological polar surface area (TPSA) is 79.7 Å². The summed E-state index contributed by atoms with van der Waals surface area (Å²) in [7, 11) is 0. The molecule has 2 aromatic carbocycles. The molecule has 1 aliphatic heterocycles. The first-order valence-corrected chi connectivity index (χ1v) is 12.4. The van der Waals surface area contributed by atoms with Crippen molar-refractivity contribution >= 4 is 16.6 Å². The lowest BCUT2D eigenvalue weighted by molar-refractivity contribution is 0.425. The zero-order chi connectivity index (χ0) is 23.2. The number of fused-ring (bicyclic) bond motifs is 2. The number of para-hydroxylation sites is 1. The maximum atomic E-state index is 13.6. The molecule has 1 saturated carbocycles. The number of rotatable bonds is 4. The molecule has 1 atom stereocenters. The van der Waals surface area contributed by atoms with Crippen molar-refractivity contribution in [1.82, 2.24) is 25.2 Å². The molecular formula is C27H30N6O. The van der Waals surface area contributed by atoms with Gasteiger partial charge in [0.1, 0.15) is 6.04 Å². The molecule has 1 fully saturated rings. The van der Waals surface area contributed by atoms with E-state index in [1.807, 2.05) is 11.6 Å². The molecule has 1 aliphatic carbocycles. The number of nitrogens with zero attached hydrogens (tertiary/aromatic N) is 5. The number of aromatic nitrogens is 5. The Morgan fingerprint density at radius 2 is 1.88 bits per heavy atom. The lowest BCUT2D eigenvalue weighted by atomic mass is 9.95. The van der Waals surface area contributed by atoms with Gasteiger partial charge in [-0.25, -0.2) is 4.68 Å². The summed E-state index contributed by atoms with van der Waals surface area (Å²) in [4.78, 5) is 19.2. The number of benzene rings is 2. The van der Waals surface area contributed by atoms with Crippen LogP contribution in [0.3, 0.4) is 0 Å². The first-order valence-electron chi connectivity index (χ1n) is 12.4. The van der Waals surface area contributed by atoms with Crippen LogP contribution in [0.5, 0.6) is 0 Å². The normalized spacial score (nSPS) is 17.3. The summed E-state index contributed by atoms with van der Waals surface area (Å²) in [5.74, 6) is 0.762. The summed E-state index contributed by atoms with van der Waals surface area (Å²) in [6.45, 7) is 4.99. The maximum absolute atomic E-state index is 13.6. The summed E-state index contributed by atoms with van der Waals surface area (Å²) >= 11 is 0. The van der Waals surface area contributed by atoms with Crippen LogP contribution in [0.25, 0.3) is 10.9 Å². The third kappa shape index (κ3) is 3.50. The van der Waals surface area contributed by atoms with E-state index in [9.17, 15) is 4.79 Å². The molecule has 3 heterocycles. The van der Waals surface area contributed by atoms with Crippen LogP contribution in [0.4, 0.5) is 5.69 Å². The van der Waals surface area contributed by atoms with Gasteiger partial charge >= 0.3 is 0 Å². The number of aromatic amines is 1. The number of tetrazole rings is 1. The highest BCUT2D eigenvalue weighted by Gasteiger charge is 2.35. The molecule has 174 valence electrons. The van der Waals surface area contributed by atoms with Crippen LogP contribution in [0, 0.1) is 13.8 Å². The Bertz CT molecular complexity index is 1410. The van der Waals surface area contributed by atoms with Crippen molar-refractivity contribution in [2.45, 2.75) is 64.5 Å². The molecule has 2 aliphatic rings. The van der Waals surface area contributed by atoms with E-state index in [-0.39, 0.29) is 17.6 Å². The predicted octanol–water partition coefficient (Wildman–Crippen LogP) is 4.79. The molecule has 0 amide bonds. The minimum Gasteiger partial charge on any atom is -0.357 e. The fraction of sp³-hybridized carbons (Fsp3) is 0.407. The van der Waals surface area contributed by atoms with Gasteiger partial charge in [-0.3, -0.25) is 4.79 Å². The maximum Gasteiger partial charge on any atom is 0.254 e. The van der Waals surface area contributed by atoms with E-state index >= 15 is 0 Å². The van der Waals surface area contributed by atoms with Gasteiger partial charge in [0.05, 0.1) is 11.6 Å². The standard InChI is InChI=1S/C27H30N6O/c1-17-14-18(2)24-20(15-17)16-22(27(34)28-24)25(26-29-30-31-33(26)21-10-4-5-11-21)32-13-7-9-19-8-3-6-12-23(19)32/h3,6,8,12,14-16,21,25H,4-5,7,9-11,13H2,1-2H3,(H,28,34)/t25-/m0/s1. The Morgan fingerprint density at radius 3 is 2.74 bits per heavy atom. The second kappa shape index (κ2) is 8.38. The van der Waals surface area contributed by atoms with E-state index in [0.717, 1.165) is 54.5 Å².